The Kier molecular flexibility index (Phi) is 3.38. The number of hydrogen-bond acceptors (Lipinski definition) is 3. The van der Waals surface area contributed by atoms with Crippen molar-refractivity contribution in [3.8, 4) is 0 Å². The minimum absolute atomic E-state index is 0.146. The van der Waals surface area contributed by atoms with Gasteiger partial charge < -0.3 is 0 Å². The summed E-state index contributed by atoms with van der Waals surface area (Å²) in [6, 6.07) is 0. The summed E-state index contributed by atoms with van der Waals surface area (Å²) in [5.41, 5.74) is 0.334. The van der Waals surface area contributed by atoms with E-state index in [0.717, 1.165) is 11.8 Å². The van der Waals surface area contributed by atoms with Gasteiger partial charge in [-0.3, -0.25) is 9.78 Å². The lowest BCUT2D eigenvalue weighted by Crippen LogP contribution is -1.95. The molecule has 0 radical (unpaired) electrons. The van der Waals surface area contributed by atoms with Gasteiger partial charge in [0.2, 0.25) is 5.12 Å². The number of hydrogen-bond donors (Lipinski definition) is 0. The molecule has 1 heterocycles. The van der Waals surface area contributed by atoms with Crippen molar-refractivity contribution in [2.75, 3.05) is 6.26 Å². The average Bonchev–Trinajstić information content (AvgIpc) is 2.03. The van der Waals surface area contributed by atoms with Crippen LogP contribution in [-0.2, 0) is 0 Å². The van der Waals surface area contributed by atoms with Gasteiger partial charge in [0.1, 0.15) is 0 Å². The van der Waals surface area contributed by atoms with Crippen LogP contribution in [0.3, 0.4) is 0 Å². The molecule has 1 rings (SSSR count). The van der Waals surface area contributed by atoms with Crippen LogP contribution in [0.15, 0.2) is 12.4 Å². The van der Waals surface area contributed by atoms with Gasteiger partial charge in [-0.05, 0) is 6.26 Å². The zero-order valence-electron chi connectivity index (χ0n) is 6.17. The number of nitrogens with zero attached hydrogens (tertiary/aromatic N) is 1. The van der Waals surface area contributed by atoms with Crippen LogP contribution in [0.25, 0.3) is 0 Å². The van der Waals surface area contributed by atoms with Gasteiger partial charge in [0.25, 0.3) is 0 Å². The predicted molar refractivity (Wildman–Crippen MR) is 52.1 cm³/mol. The van der Waals surface area contributed by atoms with E-state index in [1.807, 2.05) is 0 Å². The second-order valence-corrected chi connectivity index (χ2v) is 3.56. The monoisotopic (exact) mass is 221 g/mol. The third-order valence-electron chi connectivity index (χ3n) is 1.24. The van der Waals surface area contributed by atoms with E-state index in [2.05, 4.69) is 4.98 Å². The van der Waals surface area contributed by atoms with E-state index in [-0.39, 0.29) is 5.12 Å². The van der Waals surface area contributed by atoms with Gasteiger partial charge in [-0.15, -0.1) is 0 Å². The van der Waals surface area contributed by atoms with E-state index in [0.29, 0.717) is 15.6 Å². The Balaban J connectivity index is 3.21. The molecule has 2 nitrogen and oxygen atoms in total. The van der Waals surface area contributed by atoms with Gasteiger partial charge in [0, 0.05) is 12.4 Å². The first-order valence-corrected chi connectivity index (χ1v) is 5.02. The molecule has 64 valence electrons. The molecule has 0 N–H and O–H groups in total. The van der Waals surface area contributed by atoms with Crippen LogP contribution >= 0.6 is 35.0 Å². The van der Waals surface area contributed by atoms with Crippen molar-refractivity contribution < 1.29 is 4.79 Å². The number of aromatic nitrogens is 1. The molecular formula is C7H5Cl2NOS. The number of thioether (sulfide) groups is 1. The third-order valence-corrected chi connectivity index (χ3v) is 2.39. The van der Waals surface area contributed by atoms with Crippen molar-refractivity contribution >= 4 is 40.1 Å². The largest absolute Gasteiger partial charge is 0.281 e. The highest BCUT2D eigenvalue weighted by molar-refractivity contribution is 8.13. The van der Waals surface area contributed by atoms with Crippen molar-refractivity contribution in [3.63, 3.8) is 0 Å². The first kappa shape index (κ1) is 9.84. The molecule has 0 bridgehead atoms. The number of carbonyl (C=O) groups excluding carboxylic acids is 1. The number of rotatable bonds is 1. The summed E-state index contributed by atoms with van der Waals surface area (Å²) < 4.78 is 0. The molecule has 5 heteroatoms. The molecule has 12 heavy (non-hydrogen) atoms. The van der Waals surface area contributed by atoms with Crippen LogP contribution in [0.5, 0.6) is 0 Å². The van der Waals surface area contributed by atoms with E-state index in [9.17, 15) is 4.79 Å². The first-order chi connectivity index (χ1) is 5.66. The normalized spacial score (nSPS) is 9.92. The average molecular weight is 222 g/mol. The summed E-state index contributed by atoms with van der Waals surface area (Å²) in [5, 5.41) is 0.441. The molecule has 0 fully saturated rings. The molecular weight excluding hydrogens is 217 g/mol. The molecule has 0 atom stereocenters. The number of carbonyl (C=O) groups is 1. The Labute approximate surface area is 84.3 Å². The molecule has 0 aliphatic heterocycles. The van der Waals surface area contributed by atoms with Gasteiger partial charge in [-0.2, -0.15) is 0 Å². The second-order valence-electron chi connectivity index (χ2n) is 1.97. The van der Waals surface area contributed by atoms with Gasteiger partial charge in [0.05, 0.1) is 15.6 Å². The summed E-state index contributed by atoms with van der Waals surface area (Å²) >= 11 is 12.5. The van der Waals surface area contributed by atoms with Crippen LogP contribution < -0.4 is 0 Å². The SMILES string of the molecule is CSC(=O)c1c(Cl)cncc1Cl. The molecule has 0 saturated heterocycles. The molecule has 0 saturated carbocycles. The molecule has 0 aliphatic carbocycles. The standard InChI is InChI=1S/C7H5Cl2NOS/c1-12-7(11)6-4(8)2-10-3-5(6)9/h2-3H,1H3. The maximum Gasteiger partial charge on any atom is 0.222 e. The van der Waals surface area contributed by atoms with Gasteiger partial charge in [0.15, 0.2) is 0 Å². The highest BCUT2D eigenvalue weighted by Crippen LogP contribution is 2.25. The minimum atomic E-state index is -0.146. The van der Waals surface area contributed by atoms with E-state index in [1.54, 1.807) is 6.26 Å². The smallest absolute Gasteiger partial charge is 0.222 e. The van der Waals surface area contributed by atoms with Crippen LogP contribution in [0.2, 0.25) is 10.0 Å². The zero-order valence-corrected chi connectivity index (χ0v) is 8.50. The van der Waals surface area contributed by atoms with Crippen LogP contribution in [0.1, 0.15) is 10.4 Å². The lowest BCUT2D eigenvalue weighted by molar-refractivity contribution is 0.108. The van der Waals surface area contributed by atoms with E-state index < -0.39 is 0 Å². The maximum atomic E-state index is 11.2. The Morgan fingerprint density at radius 1 is 1.42 bits per heavy atom. The molecule has 1 aromatic heterocycles. The summed E-state index contributed by atoms with van der Waals surface area (Å²) in [6.45, 7) is 0. The van der Waals surface area contributed by atoms with Crippen molar-refractivity contribution in [2.24, 2.45) is 0 Å². The molecule has 0 spiro atoms. The number of pyridine rings is 1. The fourth-order valence-corrected chi connectivity index (χ4v) is 1.78. The Morgan fingerprint density at radius 3 is 2.33 bits per heavy atom. The second kappa shape index (κ2) is 4.12. The molecule has 1 aromatic rings. The Bertz CT molecular complexity index is 296. The lowest BCUT2D eigenvalue weighted by atomic mass is 10.3. The quantitative estimate of drug-likeness (QED) is 0.731. The highest BCUT2D eigenvalue weighted by atomic mass is 35.5. The molecule has 0 aromatic carbocycles. The lowest BCUT2D eigenvalue weighted by Gasteiger charge is -2.01. The summed E-state index contributed by atoms with van der Waals surface area (Å²) in [7, 11) is 0. The number of halogens is 2. The van der Waals surface area contributed by atoms with Crippen molar-refractivity contribution in [3.05, 3.63) is 28.0 Å². The Hall–Kier alpha value is -0.250. The first-order valence-electron chi connectivity index (χ1n) is 3.04. The van der Waals surface area contributed by atoms with E-state index in [1.165, 1.54) is 12.4 Å². The van der Waals surface area contributed by atoms with Crippen molar-refractivity contribution in [1.82, 2.24) is 4.98 Å². The van der Waals surface area contributed by atoms with Crippen LogP contribution in [-0.4, -0.2) is 16.4 Å². The Morgan fingerprint density at radius 2 is 1.92 bits per heavy atom. The van der Waals surface area contributed by atoms with Gasteiger partial charge >= 0.3 is 0 Å². The summed E-state index contributed by atoms with van der Waals surface area (Å²) in [4.78, 5) is 15.0. The highest BCUT2D eigenvalue weighted by Gasteiger charge is 2.13. The predicted octanol–water partition coefficient (Wildman–Crippen LogP) is 2.89. The fraction of sp³-hybridized carbons (Fsp3) is 0.143. The van der Waals surface area contributed by atoms with E-state index >= 15 is 0 Å². The van der Waals surface area contributed by atoms with Gasteiger partial charge in [-0.1, -0.05) is 35.0 Å². The van der Waals surface area contributed by atoms with E-state index in [4.69, 9.17) is 23.2 Å². The maximum absolute atomic E-state index is 11.2. The topological polar surface area (TPSA) is 30.0 Å². The molecule has 0 unspecified atom stereocenters. The fourth-order valence-electron chi connectivity index (χ4n) is 0.708. The van der Waals surface area contributed by atoms with Crippen LogP contribution in [0.4, 0.5) is 0 Å². The van der Waals surface area contributed by atoms with Crippen molar-refractivity contribution in [1.29, 1.82) is 0 Å². The minimum Gasteiger partial charge on any atom is -0.281 e. The molecule has 0 amide bonds. The van der Waals surface area contributed by atoms with Crippen molar-refractivity contribution in [2.45, 2.75) is 0 Å². The summed E-state index contributed by atoms with van der Waals surface area (Å²) in [6.07, 6.45) is 4.48. The van der Waals surface area contributed by atoms with Crippen LogP contribution in [0, 0.1) is 0 Å². The zero-order chi connectivity index (χ0) is 9.14. The van der Waals surface area contributed by atoms with Gasteiger partial charge in [-0.25, -0.2) is 0 Å². The molecule has 0 aliphatic rings. The third kappa shape index (κ3) is 1.91. The summed E-state index contributed by atoms with van der Waals surface area (Å²) in [5.74, 6) is 0.